The highest BCUT2D eigenvalue weighted by Gasteiger charge is 2.42. The first-order valence-corrected chi connectivity index (χ1v) is 6.65. The third-order valence-corrected chi connectivity index (χ3v) is 4.13. The van der Waals surface area contributed by atoms with E-state index in [9.17, 15) is 0 Å². The molecule has 100 valence electrons. The summed E-state index contributed by atoms with van der Waals surface area (Å²) >= 11 is 0. The van der Waals surface area contributed by atoms with Gasteiger partial charge in [0.05, 0.1) is 0 Å². The fraction of sp³-hybridized carbons (Fsp3) is 0.714. The summed E-state index contributed by atoms with van der Waals surface area (Å²) < 4.78 is 5.65. The largest absolute Gasteiger partial charge is 0.370 e. The van der Waals surface area contributed by atoms with Crippen LogP contribution in [0.3, 0.4) is 0 Å². The molecule has 0 radical (unpaired) electrons. The van der Waals surface area contributed by atoms with Crippen LogP contribution in [0.5, 0.6) is 0 Å². The van der Waals surface area contributed by atoms with E-state index in [0.717, 1.165) is 30.1 Å². The van der Waals surface area contributed by atoms with E-state index >= 15 is 0 Å². The summed E-state index contributed by atoms with van der Waals surface area (Å²) in [6.45, 7) is 6.83. The first kappa shape index (κ1) is 13.4. The van der Waals surface area contributed by atoms with Crippen molar-refractivity contribution in [2.75, 3.05) is 13.7 Å². The Morgan fingerprint density at radius 2 is 1.83 bits per heavy atom. The van der Waals surface area contributed by atoms with Gasteiger partial charge in [0.25, 0.3) is 0 Å². The predicted octanol–water partition coefficient (Wildman–Crippen LogP) is 2.18. The van der Waals surface area contributed by atoms with E-state index in [0.29, 0.717) is 12.5 Å². The Kier molecular flexibility index (Phi) is 3.69. The molecular weight excluding hydrogens is 226 g/mol. The fourth-order valence-electron chi connectivity index (χ4n) is 2.78. The maximum atomic E-state index is 5.75. The Bertz CT molecular complexity index is 412. The summed E-state index contributed by atoms with van der Waals surface area (Å²) in [6.07, 6.45) is 3.23. The molecule has 0 spiro atoms. The average Bonchev–Trinajstić information content (AvgIpc) is 2.27. The third kappa shape index (κ3) is 2.04. The molecule has 4 heteroatoms. The molecule has 1 unspecified atom stereocenters. The topological polar surface area (TPSA) is 61.0 Å². The van der Waals surface area contributed by atoms with Gasteiger partial charge in [0.2, 0.25) is 0 Å². The van der Waals surface area contributed by atoms with Gasteiger partial charge in [0, 0.05) is 18.5 Å². The van der Waals surface area contributed by atoms with Crippen molar-refractivity contribution >= 4 is 0 Å². The molecule has 0 aliphatic heterocycles. The molecule has 0 aromatic carbocycles. The monoisotopic (exact) mass is 249 g/mol. The maximum Gasteiger partial charge on any atom is 0.160 e. The summed E-state index contributed by atoms with van der Waals surface area (Å²) in [5.74, 6) is 1.15. The Morgan fingerprint density at radius 1 is 1.28 bits per heavy atom. The second-order valence-electron chi connectivity index (χ2n) is 5.32. The minimum atomic E-state index is -0.236. The lowest BCUT2D eigenvalue weighted by Crippen LogP contribution is -2.38. The van der Waals surface area contributed by atoms with Gasteiger partial charge in [-0.1, -0.05) is 6.92 Å². The summed E-state index contributed by atoms with van der Waals surface area (Å²) in [7, 11) is 1.75. The van der Waals surface area contributed by atoms with E-state index in [1.54, 1.807) is 7.11 Å². The zero-order valence-corrected chi connectivity index (χ0v) is 11.8. The van der Waals surface area contributed by atoms with Crippen LogP contribution in [0.2, 0.25) is 0 Å². The predicted molar refractivity (Wildman–Crippen MR) is 71.5 cm³/mol. The number of nitrogens with two attached hydrogens (primary N) is 1. The maximum absolute atomic E-state index is 5.75. The lowest BCUT2D eigenvalue weighted by atomic mass is 9.79. The van der Waals surface area contributed by atoms with Crippen molar-refractivity contribution in [3.63, 3.8) is 0 Å². The van der Waals surface area contributed by atoms with E-state index in [-0.39, 0.29) is 5.60 Å². The minimum Gasteiger partial charge on any atom is -0.370 e. The van der Waals surface area contributed by atoms with E-state index < -0.39 is 0 Å². The second kappa shape index (κ2) is 4.94. The molecule has 1 aromatic heterocycles. The van der Waals surface area contributed by atoms with Crippen LogP contribution in [0.1, 0.15) is 54.9 Å². The normalized spacial score (nSPS) is 19.4. The number of methoxy groups -OCH3 is 1. The Hall–Kier alpha value is -1.00. The first-order valence-electron chi connectivity index (χ1n) is 6.65. The zero-order valence-electron chi connectivity index (χ0n) is 11.8. The molecule has 1 aliphatic rings. The Balaban J connectivity index is 2.42. The molecule has 0 saturated heterocycles. The molecule has 2 N–H and O–H groups in total. The number of hydrogen-bond acceptors (Lipinski definition) is 4. The van der Waals surface area contributed by atoms with E-state index in [2.05, 4.69) is 16.9 Å². The van der Waals surface area contributed by atoms with Gasteiger partial charge in [0.1, 0.15) is 5.60 Å². The molecule has 1 fully saturated rings. The van der Waals surface area contributed by atoms with Crippen molar-refractivity contribution in [2.45, 2.75) is 51.6 Å². The number of rotatable bonds is 4. The molecule has 1 aromatic rings. The second-order valence-corrected chi connectivity index (χ2v) is 5.32. The van der Waals surface area contributed by atoms with Crippen molar-refractivity contribution in [1.82, 2.24) is 9.97 Å². The number of hydrogen-bond donors (Lipinski definition) is 1. The van der Waals surface area contributed by atoms with Crippen molar-refractivity contribution < 1.29 is 4.74 Å². The summed E-state index contributed by atoms with van der Waals surface area (Å²) in [5, 5.41) is 0. The first-order chi connectivity index (χ1) is 8.54. The Morgan fingerprint density at radius 3 is 2.17 bits per heavy atom. The van der Waals surface area contributed by atoms with Crippen molar-refractivity contribution in [1.29, 1.82) is 0 Å². The van der Waals surface area contributed by atoms with Crippen LogP contribution in [0.25, 0.3) is 0 Å². The molecule has 2 rings (SSSR count). The minimum absolute atomic E-state index is 0.236. The van der Waals surface area contributed by atoms with E-state index in [1.165, 1.54) is 12.0 Å². The molecule has 1 heterocycles. The quantitative estimate of drug-likeness (QED) is 0.888. The van der Waals surface area contributed by atoms with Crippen molar-refractivity contribution in [3.05, 3.63) is 22.8 Å². The van der Waals surface area contributed by atoms with Gasteiger partial charge in [0.15, 0.2) is 5.82 Å². The van der Waals surface area contributed by atoms with Gasteiger partial charge in [-0.15, -0.1) is 0 Å². The highest BCUT2D eigenvalue weighted by atomic mass is 16.5. The van der Waals surface area contributed by atoms with Gasteiger partial charge in [-0.25, -0.2) is 9.97 Å². The lowest BCUT2D eigenvalue weighted by molar-refractivity contribution is -0.0849. The van der Waals surface area contributed by atoms with Crippen molar-refractivity contribution in [3.8, 4) is 0 Å². The van der Waals surface area contributed by atoms with Crippen LogP contribution in [0.15, 0.2) is 0 Å². The van der Waals surface area contributed by atoms with Gasteiger partial charge in [-0.05, 0) is 51.1 Å². The van der Waals surface area contributed by atoms with Gasteiger partial charge in [-0.2, -0.15) is 0 Å². The summed E-state index contributed by atoms with van der Waals surface area (Å²) in [6, 6.07) is 0. The van der Waals surface area contributed by atoms with Crippen LogP contribution in [0.4, 0.5) is 0 Å². The highest BCUT2D eigenvalue weighted by molar-refractivity contribution is 5.29. The standard InChI is InChI=1S/C14H23N3O/c1-9(8-15)12-10(2)16-13(17-11(12)3)14(18-4)6-5-7-14/h9H,5-8,15H2,1-4H3. The molecule has 1 saturated carbocycles. The van der Waals surface area contributed by atoms with Crippen LogP contribution in [0, 0.1) is 13.8 Å². The van der Waals surface area contributed by atoms with Gasteiger partial charge < -0.3 is 10.5 Å². The van der Waals surface area contributed by atoms with Crippen LogP contribution >= 0.6 is 0 Å². The smallest absolute Gasteiger partial charge is 0.160 e. The van der Waals surface area contributed by atoms with Gasteiger partial charge in [-0.3, -0.25) is 0 Å². The lowest BCUT2D eigenvalue weighted by Gasteiger charge is -2.39. The molecular formula is C14H23N3O. The zero-order chi connectivity index (χ0) is 13.3. The molecule has 4 nitrogen and oxygen atoms in total. The molecule has 0 bridgehead atoms. The van der Waals surface area contributed by atoms with Crippen molar-refractivity contribution in [2.24, 2.45) is 5.73 Å². The van der Waals surface area contributed by atoms with E-state index in [4.69, 9.17) is 10.5 Å². The Labute approximate surface area is 109 Å². The molecule has 1 atom stereocenters. The fourth-order valence-corrected chi connectivity index (χ4v) is 2.78. The molecule has 0 amide bonds. The van der Waals surface area contributed by atoms with E-state index in [1.807, 2.05) is 13.8 Å². The molecule has 1 aliphatic carbocycles. The highest BCUT2D eigenvalue weighted by Crippen LogP contribution is 2.43. The van der Waals surface area contributed by atoms with Crippen LogP contribution in [-0.4, -0.2) is 23.6 Å². The van der Waals surface area contributed by atoms with Crippen LogP contribution < -0.4 is 5.73 Å². The summed E-state index contributed by atoms with van der Waals surface area (Å²) in [5.41, 5.74) is 8.78. The SMILES string of the molecule is COC1(c2nc(C)c(C(C)CN)c(C)n2)CCC1. The summed E-state index contributed by atoms with van der Waals surface area (Å²) in [4.78, 5) is 9.35. The van der Waals surface area contributed by atoms with Gasteiger partial charge >= 0.3 is 0 Å². The molecule has 18 heavy (non-hydrogen) atoms. The van der Waals surface area contributed by atoms with Crippen LogP contribution in [-0.2, 0) is 10.3 Å². The average molecular weight is 249 g/mol. The number of ether oxygens (including phenoxy) is 1. The number of aromatic nitrogens is 2. The number of nitrogens with zero attached hydrogens (tertiary/aromatic N) is 2. The number of aryl methyl sites for hydroxylation is 2. The third-order valence-electron chi connectivity index (χ3n) is 4.13.